The minimum Gasteiger partial charge on any atom is -0.454 e. The average Bonchev–Trinajstić information content (AvgIpc) is 2.61. The second-order valence-corrected chi connectivity index (χ2v) is 2.73. The first-order valence-electron chi connectivity index (χ1n) is 4.30. The van der Waals surface area contributed by atoms with Crippen molar-refractivity contribution in [2.75, 3.05) is 0 Å². The highest BCUT2D eigenvalue weighted by Crippen LogP contribution is 2.26. The summed E-state index contributed by atoms with van der Waals surface area (Å²) in [6.07, 6.45) is -5.08. The van der Waals surface area contributed by atoms with Crippen LogP contribution >= 0.6 is 0 Å². The number of carbonyl (C=O) groups is 4. The van der Waals surface area contributed by atoms with Crippen molar-refractivity contribution < 1.29 is 42.9 Å². The third-order valence-corrected chi connectivity index (χ3v) is 1.93. The van der Waals surface area contributed by atoms with E-state index in [-0.39, 0.29) is 25.9 Å². The molecule has 1 aliphatic rings. The van der Waals surface area contributed by atoms with Crippen LogP contribution in [0.4, 0.5) is 0 Å². The molecule has 0 spiro atoms. The van der Waals surface area contributed by atoms with Crippen molar-refractivity contribution in [1.29, 1.82) is 0 Å². The maximum atomic E-state index is 10.2. The Morgan fingerprint density at radius 3 is 1.29 bits per heavy atom. The van der Waals surface area contributed by atoms with Gasteiger partial charge in [-0.15, -0.1) is 0 Å². The van der Waals surface area contributed by atoms with Crippen LogP contribution in [0.3, 0.4) is 0 Å². The van der Waals surface area contributed by atoms with Crippen molar-refractivity contribution in [2.24, 2.45) is 0 Å². The zero-order valence-electron chi connectivity index (χ0n) is 8.29. The number of carbonyl (C=O) groups excluding carboxylic acids is 4. The summed E-state index contributed by atoms with van der Waals surface area (Å²) in [5.41, 5.74) is 0. The predicted molar refractivity (Wildman–Crippen MR) is 44.8 cm³/mol. The molecule has 9 heteroatoms. The van der Waals surface area contributed by atoms with Gasteiger partial charge in [-0.05, 0) is 0 Å². The summed E-state index contributed by atoms with van der Waals surface area (Å²) < 4.78 is 22.9. The molecule has 1 heterocycles. The molecule has 17 heavy (non-hydrogen) atoms. The topological polar surface area (TPSA) is 114 Å². The highest BCUT2D eigenvalue weighted by molar-refractivity contribution is 5.42. The Morgan fingerprint density at radius 1 is 0.647 bits per heavy atom. The number of rotatable bonds is 8. The zero-order valence-corrected chi connectivity index (χ0v) is 8.29. The van der Waals surface area contributed by atoms with Crippen LogP contribution in [0.25, 0.3) is 0 Å². The Kier molecular flexibility index (Phi) is 4.88. The Morgan fingerprint density at radius 2 is 1.00 bits per heavy atom. The summed E-state index contributed by atoms with van der Waals surface area (Å²) in [5.74, 6) is 0. The Hall–Kier alpha value is -2.16. The minimum absolute atomic E-state index is 0.0487. The molecule has 1 fully saturated rings. The largest absolute Gasteiger partial charge is 0.454 e. The second kappa shape index (κ2) is 6.43. The molecule has 0 aromatic rings. The lowest BCUT2D eigenvalue weighted by Gasteiger charge is -2.18. The van der Waals surface area contributed by atoms with E-state index in [1.807, 2.05) is 0 Å². The molecule has 9 nitrogen and oxygen atoms in total. The summed E-state index contributed by atoms with van der Waals surface area (Å²) in [7, 11) is 0. The molecular weight excluding hydrogens is 240 g/mol. The fourth-order valence-corrected chi connectivity index (χ4v) is 1.34. The maximum absolute atomic E-state index is 10.2. The van der Waals surface area contributed by atoms with E-state index in [0.29, 0.717) is 0 Å². The third kappa shape index (κ3) is 2.91. The molecule has 1 rings (SSSR count). The van der Waals surface area contributed by atoms with E-state index in [4.69, 9.17) is 4.74 Å². The SMILES string of the molecule is O=COC1OC(OC=O)C(OC=O)C1OC=O. The quantitative estimate of drug-likeness (QED) is 0.358. The highest BCUT2D eigenvalue weighted by atomic mass is 16.8. The standard InChI is InChI=1S/C8H8O9/c9-1-13-5-6(14-2-10)8(16-4-12)17-7(5)15-3-11/h1-8H. The molecule has 0 amide bonds. The maximum Gasteiger partial charge on any atom is 0.295 e. The molecule has 4 atom stereocenters. The Balaban J connectivity index is 2.81. The van der Waals surface area contributed by atoms with Gasteiger partial charge >= 0.3 is 0 Å². The van der Waals surface area contributed by atoms with E-state index in [1.165, 1.54) is 0 Å². The fourth-order valence-electron chi connectivity index (χ4n) is 1.34. The van der Waals surface area contributed by atoms with Gasteiger partial charge in [-0.1, -0.05) is 0 Å². The molecule has 1 aliphatic heterocycles. The number of hydrogen-bond donors (Lipinski definition) is 0. The van der Waals surface area contributed by atoms with Gasteiger partial charge in [-0.25, -0.2) is 0 Å². The molecule has 1 saturated heterocycles. The minimum atomic E-state index is -1.33. The third-order valence-electron chi connectivity index (χ3n) is 1.93. The van der Waals surface area contributed by atoms with E-state index in [1.54, 1.807) is 0 Å². The van der Waals surface area contributed by atoms with E-state index in [2.05, 4.69) is 18.9 Å². The van der Waals surface area contributed by atoms with Gasteiger partial charge in [-0.3, -0.25) is 23.9 Å². The molecule has 0 radical (unpaired) electrons. The van der Waals surface area contributed by atoms with Crippen LogP contribution in [-0.4, -0.2) is 50.7 Å². The predicted octanol–water partition coefficient (Wildman–Crippen LogP) is -1.90. The van der Waals surface area contributed by atoms with Crippen LogP contribution in [0.5, 0.6) is 0 Å². The Bertz CT molecular complexity index is 263. The molecule has 0 bridgehead atoms. The van der Waals surface area contributed by atoms with Gasteiger partial charge < -0.3 is 18.9 Å². The molecule has 0 aliphatic carbocycles. The summed E-state index contributed by atoms with van der Waals surface area (Å²) in [6, 6.07) is 0. The van der Waals surface area contributed by atoms with Crippen LogP contribution < -0.4 is 0 Å². The molecule has 0 aromatic carbocycles. The van der Waals surface area contributed by atoms with Gasteiger partial charge in [0.25, 0.3) is 25.9 Å². The Labute approximate surface area is 94.5 Å². The molecular formula is C8H8O9. The van der Waals surface area contributed by atoms with Gasteiger partial charge in [0.2, 0.25) is 24.8 Å². The molecule has 94 valence electrons. The van der Waals surface area contributed by atoms with Crippen LogP contribution in [0.1, 0.15) is 0 Å². The van der Waals surface area contributed by atoms with Gasteiger partial charge in [0.15, 0.2) is 0 Å². The first-order valence-corrected chi connectivity index (χ1v) is 4.30. The van der Waals surface area contributed by atoms with Crippen molar-refractivity contribution in [3.8, 4) is 0 Å². The monoisotopic (exact) mass is 248 g/mol. The average molecular weight is 248 g/mol. The molecule has 4 unspecified atom stereocenters. The molecule has 0 N–H and O–H groups in total. The van der Waals surface area contributed by atoms with Crippen molar-refractivity contribution in [1.82, 2.24) is 0 Å². The summed E-state index contributed by atoms with van der Waals surface area (Å²) in [6.45, 7) is 0.208. The van der Waals surface area contributed by atoms with Crippen molar-refractivity contribution in [2.45, 2.75) is 24.8 Å². The lowest BCUT2D eigenvalue weighted by Crippen LogP contribution is -2.38. The van der Waals surface area contributed by atoms with Crippen LogP contribution in [0.2, 0.25) is 0 Å². The summed E-state index contributed by atoms with van der Waals surface area (Å²) in [5, 5.41) is 0. The van der Waals surface area contributed by atoms with Crippen LogP contribution in [-0.2, 0) is 42.9 Å². The molecule has 0 aromatic heterocycles. The van der Waals surface area contributed by atoms with Crippen molar-refractivity contribution in [3.63, 3.8) is 0 Å². The lowest BCUT2D eigenvalue weighted by atomic mass is 10.2. The van der Waals surface area contributed by atoms with Crippen LogP contribution in [0.15, 0.2) is 0 Å². The van der Waals surface area contributed by atoms with Crippen LogP contribution in [0, 0.1) is 0 Å². The number of hydrogen-bond acceptors (Lipinski definition) is 9. The van der Waals surface area contributed by atoms with Crippen molar-refractivity contribution >= 4 is 25.9 Å². The lowest BCUT2D eigenvalue weighted by molar-refractivity contribution is -0.211. The summed E-state index contributed by atoms with van der Waals surface area (Å²) >= 11 is 0. The van der Waals surface area contributed by atoms with E-state index < -0.39 is 24.8 Å². The van der Waals surface area contributed by atoms with E-state index in [0.717, 1.165) is 0 Å². The first kappa shape index (κ1) is 12.9. The molecule has 0 saturated carbocycles. The van der Waals surface area contributed by atoms with E-state index >= 15 is 0 Å². The van der Waals surface area contributed by atoms with Gasteiger partial charge in [0.05, 0.1) is 0 Å². The van der Waals surface area contributed by atoms with Gasteiger partial charge in [0.1, 0.15) is 0 Å². The van der Waals surface area contributed by atoms with Gasteiger partial charge in [-0.2, -0.15) is 0 Å². The fraction of sp³-hybridized carbons (Fsp3) is 0.500. The van der Waals surface area contributed by atoms with E-state index in [9.17, 15) is 19.2 Å². The van der Waals surface area contributed by atoms with Crippen molar-refractivity contribution in [3.05, 3.63) is 0 Å². The normalized spacial score (nSPS) is 31.1. The smallest absolute Gasteiger partial charge is 0.295 e. The zero-order chi connectivity index (χ0) is 12.7. The highest BCUT2D eigenvalue weighted by Gasteiger charge is 2.51. The second-order valence-electron chi connectivity index (χ2n) is 2.73. The van der Waals surface area contributed by atoms with Gasteiger partial charge in [0, 0.05) is 0 Å². The number of ether oxygens (including phenoxy) is 5. The first-order chi connectivity index (χ1) is 8.28. The summed E-state index contributed by atoms with van der Waals surface area (Å²) in [4.78, 5) is 40.8.